The number of rotatable bonds is 1. The van der Waals surface area contributed by atoms with Crippen molar-refractivity contribution in [3.8, 4) is 0 Å². The first-order chi connectivity index (χ1) is 9.04. The number of hydrogen-bond acceptors (Lipinski definition) is 4. The Morgan fingerprint density at radius 2 is 1.84 bits per heavy atom. The first kappa shape index (κ1) is 12.0. The number of anilines is 1. The molecule has 0 bridgehead atoms. The lowest BCUT2D eigenvalue weighted by Gasteiger charge is -2.21. The Bertz CT molecular complexity index is 686. The minimum Gasteiger partial charge on any atom is -0.398 e. The van der Waals surface area contributed by atoms with E-state index in [0.717, 1.165) is 46.5 Å². The third kappa shape index (κ3) is 2.03. The highest BCUT2D eigenvalue weighted by Gasteiger charge is 2.15. The van der Waals surface area contributed by atoms with E-state index in [-0.39, 0.29) is 0 Å². The number of aromatic nitrogens is 2. The zero-order valence-corrected chi connectivity index (χ0v) is 11.6. The molecule has 3 rings (SSSR count). The summed E-state index contributed by atoms with van der Waals surface area (Å²) in [7, 11) is 4.12. The molecule has 4 nitrogen and oxygen atoms in total. The van der Waals surface area contributed by atoms with E-state index in [9.17, 15) is 0 Å². The molecule has 2 N–H and O–H groups in total. The molecule has 1 aliphatic rings. The Balaban J connectivity index is 2.19. The number of aryl methyl sites for hydroxylation is 2. The smallest absolute Gasteiger partial charge is 0.0915 e. The van der Waals surface area contributed by atoms with Crippen LogP contribution in [0, 0.1) is 6.92 Å². The van der Waals surface area contributed by atoms with Crippen molar-refractivity contribution in [2.24, 2.45) is 0 Å². The molecule has 1 aliphatic carbocycles. The number of fused-ring (bicyclic) bond motifs is 2. The van der Waals surface area contributed by atoms with Gasteiger partial charge in [0.2, 0.25) is 0 Å². The summed E-state index contributed by atoms with van der Waals surface area (Å²) in [4.78, 5) is 11.6. The van der Waals surface area contributed by atoms with Crippen molar-refractivity contribution in [3.63, 3.8) is 0 Å². The minimum atomic E-state index is 0.773. The van der Waals surface area contributed by atoms with Crippen LogP contribution in [0.2, 0.25) is 0 Å². The lowest BCUT2D eigenvalue weighted by atomic mass is 10.0. The fraction of sp³-hybridized carbons (Fsp3) is 0.333. The fourth-order valence-electron chi connectivity index (χ4n) is 2.40. The number of nitrogens with zero attached hydrogens (tertiary/aromatic N) is 3. The van der Waals surface area contributed by atoms with Gasteiger partial charge in [-0.15, -0.1) is 0 Å². The highest BCUT2D eigenvalue weighted by atomic mass is 15.1. The van der Waals surface area contributed by atoms with Gasteiger partial charge in [-0.2, -0.15) is 0 Å². The van der Waals surface area contributed by atoms with Crippen molar-refractivity contribution in [3.05, 3.63) is 34.8 Å². The topological polar surface area (TPSA) is 55.0 Å². The number of benzene rings is 1. The summed E-state index contributed by atoms with van der Waals surface area (Å²) in [6.07, 6.45) is 4.10. The average molecular weight is 254 g/mol. The second kappa shape index (κ2) is 4.23. The number of hydrogen-bond donors (Lipinski definition) is 1. The average Bonchev–Trinajstić information content (AvgIpc) is 2.37. The molecule has 19 heavy (non-hydrogen) atoms. The van der Waals surface area contributed by atoms with Crippen molar-refractivity contribution < 1.29 is 0 Å². The van der Waals surface area contributed by atoms with E-state index in [1.807, 2.05) is 19.1 Å². The van der Waals surface area contributed by atoms with Gasteiger partial charge in [0.15, 0.2) is 0 Å². The van der Waals surface area contributed by atoms with Crippen molar-refractivity contribution in [1.82, 2.24) is 14.9 Å². The van der Waals surface area contributed by atoms with Crippen molar-refractivity contribution in [1.29, 1.82) is 0 Å². The van der Waals surface area contributed by atoms with Crippen LogP contribution in [-0.4, -0.2) is 29.0 Å². The van der Waals surface area contributed by atoms with Crippen molar-refractivity contribution in [2.45, 2.75) is 19.8 Å². The van der Waals surface area contributed by atoms with E-state index in [4.69, 9.17) is 15.7 Å². The highest BCUT2D eigenvalue weighted by Crippen LogP contribution is 2.26. The largest absolute Gasteiger partial charge is 0.398 e. The maximum Gasteiger partial charge on any atom is 0.0915 e. The van der Waals surface area contributed by atoms with Crippen LogP contribution < -0.4 is 5.73 Å². The lowest BCUT2D eigenvalue weighted by Crippen LogP contribution is -2.16. The van der Waals surface area contributed by atoms with E-state index in [2.05, 4.69) is 25.1 Å². The Hall–Kier alpha value is -2.10. The number of nitrogen functional groups attached to an aromatic ring is 1. The Kier molecular flexibility index (Phi) is 2.66. The van der Waals surface area contributed by atoms with E-state index >= 15 is 0 Å². The van der Waals surface area contributed by atoms with Gasteiger partial charge in [0.25, 0.3) is 0 Å². The normalized spacial score (nSPS) is 14.2. The van der Waals surface area contributed by atoms with Crippen LogP contribution in [0.4, 0.5) is 5.69 Å². The molecule has 4 heteroatoms. The molecule has 0 atom stereocenters. The maximum absolute atomic E-state index is 5.95. The van der Waals surface area contributed by atoms with E-state index in [0.29, 0.717) is 0 Å². The third-order valence-corrected chi connectivity index (χ3v) is 3.65. The highest BCUT2D eigenvalue weighted by molar-refractivity contribution is 5.81. The molecule has 0 radical (unpaired) electrons. The molecule has 1 aromatic carbocycles. The molecule has 1 aromatic heterocycles. The molecular weight excluding hydrogens is 236 g/mol. The fourth-order valence-corrected chi connectivity index (χ4v) is 2.40. The quantitative estimate of drug-likeness (QED) is 0.794. The van der Waals surface area contributed by atoms with Gasteiger partial charge in [0.05, 0.1) is 22.4 Å². The minimum absolute atomic E-state index is 0.773. The van der Waals surface area contributed by atoms with Crippen LogP contribution in [0.15, 0.2) is 17.8 Å². The maximum atomic E-state index is 5.95. The lowest BCUT2D eigenvalue weighted by molar-refractivity contribution is 0.487. The van der Waals surface area contributed by atoms with Crippen LogP contribution in [0.3, 0.4) is 0 Å². The van der Waals surface area contributed by atoms with Crippen LogP contribution in [0.25, 0.3) is 17.1 Å². The Morgan fingerprint density at radius 1 is 1.11 bits per heavy atom. The second-order valence-corrected chi connectivity index (χ2v) is 5.28. The van der Waals surface area contributed by atoms with Crippen molar-refractivity contribution >= 4 is 22.8 Å². The summed E-state index contributed by atoms with van der Waals surface area (Å²) < 4.78 is 0. The van der Waals surface area contributed by atoms with Gasteiger partial charge in [-0.25, -0.2) is 9.97 Å². The molecular formula is C15H18N4. The molecule has 0 unspecified atom stereocenters. The Morgan fingerprint density at radius 3 is 2.58 bits per heavy atom. The monoisotopic (exact) mass is 254 g/mol. The molecule has 1 heterocycles. The molecule has 0 fully saturated rings. The molecule has 0 spiro atoms. The van der Waals surface area contributed by atoms with Crippen LogP contribution in [-0.2, 0) is 6.42 Å². The third-order valence-electron chi connectivity index (χ3n) is 3.65. The standard InChI is InChI=1S/C15H18N4/c1-9-6-13-15(8-11(9)16)18-14-7-10(19(2)3)4-5-12(14)17-13/h6-8H,4-5,16H2,1-3H3. The Labute approximate surface area is 113 Å². The molecule has 2 aromatic rings. The second-order valence-electron chi connectivity index (χ2n) is 5.28. The molecule has 98 valence electrons. The van der Waals surface area contributed by atoms with Gasteiger partial charge in [-0.3, -0.25) is 0 Å². The van der Waals surface area contributed by atoms with Gasteiger partial charge in [0.1, 0.15) is 0 Å². The summed E-state index contributed by atoms with van der Waals surface area (Å²) >= 11 is 0. The predicted octanol–water partition coefficient (Wildman–Crippen LogP) is 2.37. The van der Waals surface area contributed by atoms with Crippen LogP contribution >= 0.6 is 0 Å². The summed E-state index contributed by atoms with van der Waals surface area (Å²) in [5.41, 5.74) is 12.9. The van der Waals surface area contributed by atoms with Gasteiger partial charge >= 0.3 is 0 Å². The van der Waals surface area contributed by atoms with Gasteiger partial charge in [-0.05, 0) is 43.5 Å². The number of nitrogens with two attached hydrogens (primary N) is 1. The van der Waals surface area contributed by atoms with Gasteiger partial charge in [-0.1, -0.05) is 0 Å². The summed E-state index contributed by atoms with van der Waals surface area (Å²) in [6.45, 7) is 2.00. The van der Waals surface area contributed by atoms with E-state index < -0.39 is 0 Å². The first-order valence-electron chi connectivity index (χ1n) is 6.49. The van der Waals surface area contributed by atoms with Crippen LogP contribution in [0.1, 0.15) is 23.4 Å². The molecule has 0 amide bonds. The van der Waals surface area contributed by atoms with Crippen molar-refractivity contribution in [2.75, 3.05) is 19.8 Å². The van der Waals surface area contributed by atoms with E-state index in [1.54, 1.807) is 0 Å². The summed E-state index contributed by atoms with van der Waals surface area (Å²) in [6, 6.07) is 3.93. The number of allylic oxidation sites excluding steroid dienone is 1. The first-order valence-corrected chi connectivity index (χ1v) is 6.49. The predicted molar refractivity (Wildman–Crippen MR) is 78.7 cm³/mol. The van der Waals surface area contributed by atoms with Gasteiger partial charge < -0.3 is 10.6 Å². The molecule has 0 saturated carbocycles. The van der Waals surface area contributed by atoms with Gasteiger partial charge in [0, 0.05) is 25.5 Å². The summed E-state index contributed by atoms with van der Waals surface area (Å²) in [5, 5.41) is 0. The molecule has 0 aliphatic heterocycles. The zero-order chi connectivity index (χ0) is 13.6. The van der Waals surface area contributed by atoms with E-state index in [1.165, 1.54) is 5.70 Å². The zero-order valence-electron chi connectivity index (χ0n) is 11.6. The summed E-state index contributed by atoms with van der Waals surface area (Å²) in [5.74, 6) is 0. The van der Waals surface area contributed by atoms with Crippen LogP contribution in [0.5, 0.6) is 0 Å². The SMILES string of the molecule is Cc1cc2nc3c(nc2cc1N)C=C(N(C)C)CC3. The molecule has 0 saturated heterocycles.